The zero-order chi connectivity index (χ0) is 22.5. The minimum atomic E-state index is -0.156. The van der Waals surface area contributed by atoms with Gasteiger partial charge in [-0.2, -0.15) is 5.10 Å². The predicted octanol–water partition coefficient (Wildman–Crippen LogP) is 3.17. The number of hydrogen-bond donors (Lipinski definition) is 1. The first-order valence-electron chi connectivity index (χ1n) is 10.5. The third-order valence-corrected chi connectivity index (χ3v) is 6.10. The molecule has 0 bridgehead atoms. The van der Waals surface area contributed by atoms with Crippen molar-refractivity contribution in [1.29, 1.82) is 0 Å². The molecule has 0 aliphatic rings. The van der Waals surface area contributed by atoms with Crippen molar-refractivity contribution in [3.8, 4) is 0 Å². The van der Waals surface area contributed by atoms with Crippen molar-refractivity contribution in [1.82, 2.24) is 24.6 Å². The van der Waals surface area contributed by atoms with E-state index in [1.165, 1.54) is 11.8 Å². The van der Waals surface area contributed by atoms with Gasteiger partial charge in [0, 0.05) is 13.1 Å². The number of carbonyl (C=O) groups excluding carboxylic acids is 1. The molecule has 0 unspecified atom stereocenters. The molecule has 166 valence electrons. The smallest absolute Gasteiger partial charge is 0.280 e. The maximum absolute atomic E-state index is 13.4. The molecule has 1 amide bonds. The van der Waals surface area contributed by atoms with Crippen LogP contribution in [-0.2, 0) is 30.8 Å². The molecule has 9 heteroatoms. The molecule has 0 saturated heterocycles. The van der Waals surface area contributed by atoms with Crippen molar-refractivity contribution in [2.24, 2.45) is 0 Å². The van der Waals surface area contributed by atoms with Gasteiger partial charge in [0.2, 0.25) is 5.91 Å². The molecule has 0 fully saturated rings. The van der Waals surface area contributed by atoms with Crippen molar-refractivity contribution in [2.45, 2.75) is 45.1 Å². The third kappa shape index (κ3) is 4.77. The van der Waals surface area contributed by atoms with Crippen molar-refractivity contribution in [3.63, 3.8) is 0 Å². The summed E-state index contributed by atoms with van der Waals surface area (Å²) in [5, 5.41) is 7.81. The van der Waals surface area contributed by atoms with Crippen LogP contribution >= 0.6 is 11.8 Å². The van der Waals surface area contributed by atoms with Crippen LogP contribution in [0.25, 0.3) is 11.0 Å². The maximum atomic E-state index is 13.4. The first-order chi connectivity index (χ1) is 15.6. The minimum absolute atomic E-state index is 0.133. The fraction of sp³-hybridized carbons (Fsp3) is 0.304. The molecule has 8 nitrogen and oxygen atoms in total. The molecular formula is C23H25N5O3S. The summed E-state index contributed by atoms with van der Waals surface area (Å²) in [6, 6.07) is 13.6. The Morgan fingerprint density at radius 1 is 1.19 bits per heavy atom. The number of carbonyl (C=O) groups is 1. The predicted molar refractivity (Wildman–Crippen MR) is 124 cm³/mol. The number of amides is 1. The van der Waals surface area contributed by atoms with E-state index in [0.717, 1.165) is 5.56 Å². The topological polar surface area (TPSA) is 94.9 Å². The van der Waals surface area contributed by atoms with Crippen LogP contribution < -0.4 is 10.9 Å². The third-order valence-electron chi connectivity index (χ3n) is 5.12. The lowest BCUT2D eigenvalue weighted by atomic mass is 10.1. The number of rotatable bonds is 9. The second-order valence-corrected chi connectivity index (χ2v) is 8.27. The summed E-state index contributed by atoms with van der Waals surface area (Å²) in [7, 11) is 0. The van der Waals surface area contributed by atoms with Crippen molar-refractivity contribution in [3.05, 3.63) is 76.1 Å². The van der Waals surface area contributed by atoms with E-state index >= 15 is 0 Å². The molecule has 0 atom stereocenters. The lowest BCUT2D eigenvalue weighted by Crippen LogP contribution is -2.28. The summed E-state index contributed by atoms with van der Waals surface area (Å²) in [4.78, 5) is 30.5. The van der Waals surface area contributed by atoms with Crippen LogP contribution in [0.1, 0.15) is 23.9 Å². The van der Waals surface area contributed by atoms with Gasteiger partial charge in [-0.3, -0.25) is 18.8 Å². The summed E-state index contributed by atoms with van der Waals surface area (Å²) in [5.74, 6) is 0.673. The Bertz CT molecular complexity index is 1260. The lowest BCUT2D eigenvalue weighted by Gasteiger charge is -2.13. The standard InChI is InChI=1S/C23H25N5O3S/c1-3-28-21-20(16(2)26-28)25-23(32-15-19(29)24-14-18-10-7-13-31-18)27(22(21)30)12-11-17-8-5-4-6-9-17/h4-10,13H,3,11-12,14-15H2,1-2H3,(H,24,29). The largest absolute Gasteiger partial charge is 0.467 e. The van der Waals surface area contributed by atoms with Crippen LogP contribution in [0.3, 0.4) is 0 Å². The summed E-state index contributed by atoms with van der Waals surface area (Å²) in [6.45, 7) is 5.17. The van der Waals surface area contributed by atoms with Crippen molar-refractivity contribution in [2.75, 3.05) is 5.75 Å². The highest BCUT2D eigenvalue weighted by Gasteiger charge is 2.19. The van der Waals surface area contributed by atoms with E-state index in [4.69, 9.17) is 9.40 Å². The van der Waals surface area contributed by atoms with Gasteiger partial charge in [0.15, 0.2) is 10.7 Å². The lowest BCUT2D eigenvalue weighted by molar-refractivity contribution is -0.118. The second kappa shape index (κ2) is 9.86. The Morgan fingerprint density at radius 2 is 2.00 bits per heavy atom. The molecule has 1 aromatic carbocycles. The summed E-state index contributed by atoms with van der Waals surface area (Å²) in [5.41, 5.74) is 2.80. The van der Waals surface area contributed by atoms with Crippen LogP contribution in [-0.4, -0.2) is 31.0 Å². The van der Waals surface area contributed by atoms with E-state index in [-0.39, 0.29) is 17.2 Å². The van der Waals surface area contributed by atoms with Crippen LogP contribution in [0.4, 0.5) is 0 Å². The molecule has 32 heavy (non-hydrogen) atoms. The van der Waals surface area contributed by atoms with E-state index in [0.29, 0.717) is 53.7 Å². The Morgan fingerprint density at radius 3 is 2.72 bits per heavy atom. The molecule has 0 radical (unpaired) electrons. The zero-order valence-corrected chi connectivity index (χ0v) is 18.9. The van der Waals surface area contributed by atoms with Crippen molar-refractivity contribution < 1.29 is 9.21 Å². The highest BCUT2D eigenvalue weighted by Crippen LogP contribution is 2.20. The molecule has 0 aliphatic heterocycles. The number of nitrogens with one attached hydrogen (secondary N) is 1. The molecule has 3 heterocycles. The van der Waals surface area contributed by atoms with E-state index in [1.54, 1.807) is 27.6 Å². The van der Waals surface area contributed by atoms with Crippen LogP contribution in [0.15, 0.2) is 63.1 Å². The van der Waals surface area contributed by atoms with E-state index in [2.05, 4.69) is 10.4 Å². The molecular weight excluding hydrogens is 426 g/mol. The monoisotopic (exact) mass is 451 g/mol. The summed E-state index contributed by atoms with van der Waals surface area (Å²) < 4.78 is 8.60. The minimum Gasteiger partial charge on any atom is -0.467 e. The first-order valence-corrected chi connectivity index (χ1v) is 11.5. The average Bonchev–Trinajstić information content (AvgIpc) is 3.44. The Labute approximate surface area is 189 Å². The van der Waals surface area contributed by atoms with Crippen molar-refractivity contribution >= 4 is 28.7 Å². The quantitative estimate of drug-likeness (QED) is 0.310. The van der Waals surface area contributed by atoms with E-state index in [9.17, 15) is 9.59 Å². The van der Waals surface area contributed by atoms with E-state index < -0.39 is 0 Å². The van der Waals surface area contributed by atoms with Gasteiger partial charge in [0.05, 0.1) is 24.3 Å². The Balaban J connectivity index is 1.59. The summed E-state index contributed by atoms with van der Waals surface area (Å²) >= 11 is 1.25. The van der Waals surface area contributed by atoms with Gasteiger partial charge in [0.1, 0.15) is 11.3 Å². The van der Waals surface area contributed by atoms with Gasteiger partial charge >= 0.3 is 0 Å². The fourth-order valence-electron chi connectivity index (χ4n) is 3.49. The SMILES string of the molecule is CCn1nc(C)c2nc(SCC(=O)NCc3ccco3)n(CCc3ccccc3)c(=O)c21. The van der Waals surface area contributed by atoms with Crippen LogP contribution in [0.2, 0.25) is 0 Å². The Kier molecular flexibility index (Phi) is 6.75. The molecule has 4 rings (SSSR count). The summed E-state index contributed by atoms with van der Waals surface area (Å²) in [6.07, 6.45) is 2.25. The van der Waals surface area contributed by atoms with Gasteiger partial charge in [-0.1, -0.05) is 42.1 Å². The first kappa shape index (κ1) is 21.9. The average molecular weight is 452 g/mol. The normalized spacial score (nSPS) is 11.2. The number of thioether (sulfide) groups is 1. The number of hydrogen-bond acceptors (Lipinski definition) is 6. The highest BCUT2D eigenvalue weighted by atomic mass is 32.2. The van der Waals surface area contributed by atoms with Crippen LogP contribution in [0.5, 0.6) is 0 Å². The molecule has 3 aromatic heterocycles. The number of benzene rings is 1. The molecule has 0 spiro atoms. The molecule has 0 aliphatic carbocycles. The molecule has 4 aromatic rings. The maximum Gasteiger partial charge on any atom is 0.280 e. The number of aromatic nitrogens is 4. The van der Waals surface area contributed by atoms with Gasteiger partial charge in [0.25, 0.3) is 5.56 Å². The van der Waals surface area contributed by atoms with E-state index in [1.807, 2.05) is 44.2 Å². The van der Waals surface area contributed by atoms with Gasteiger partial charge in [-0.15, -0.1) is 0 Å². The molecule has 1 N–H and O–H groups in total. The number of furan rings is 1. The number of fused-ring (bicyclic) bond motifs is 1. The molecule has 0 saturated carbocycles. The van der Waals surface area contributed by atoms with Gasteiger partial charge in [-0.05, 0) is 38.0 Å². The fourth-order valence-corrected chi connectivity index (χ4v) is 4.34. The van der Waals surface area contributed by atoms with Gasteiger partial charge < -0.3 is 9.73 Å². The zero-order valence-electron chi connectivity index (χ0n) is 18.1. The van der Waals surface area contributed by atoms with Crippen LogP contribution in [0, 0.1) is 6.92 Å². The highest BCUT2D eigenvalue weighted by molar-refractivity contribution is 7.99. The van der Waals surface area contributed by atoms with Gasteiger partial charge in [-0.25, -0.2) is 4.98 Å². The number of aryl methyl sites for hydroxylation is 3. The number of nitrogens with zero attached hydrogens (tertiary/aromatic N) is 4. The Hall–Kier alpha value is -3.33. The second-order valence-electron chi connectivity index (χ2n) is 7.33.